The number of nitrogens with one attached hydrogen (secondary N) is 1. The lowest BCUT2D eigenvalue weighted by Gasteiger charge is -2.11. The highest BCUT2D eigenvalue weighted by molar-refractivity contribution is 6.31. The van der Waals surface area contributed by atoms with E-state index in [9.17, 15) is 19.7 Å². The van der Waals surface area contributed by atoms with Crippen LogP contribution in [0.3, 0.4) is 0 Å². The molecule has 1 saturated heterocycles. The Balaban J connectivity index is 1.51. The van der Waals surface area contributed by atoms with Crippen molar-refractivity contribution in [2.75, 3.05) is 4.90 Å². The van der Waals surface area contributed by atoms with Crippen molar-refractivity contribution >= 4 is 51.9 Å². The summed E-state index contributed by atoms with van der Waals surface area (Å²) in [6, 6.07) is 20.0. The summed E-state index contributed by atoms with van der Waals surface area (Å²) in [6.45, 7) is 0.405. The van der Waals surface area contributed by atoms with E-state index in [4.69, 9.17) is 11.6 Å². The number of amides is 3. The summed E-state index contributed by atoms with van der Waals surface area (Å²) in [5.74, 6) is -0.470. The number of halogens is 1. The fraction of sp³-hybridized carbons (Fsp3) is 0.0400. The number of carbonyl (C=O) groups is 2. The van der Waals surface area contributed by atoms with Crippen molar-refractivity contribution in [3.63, 3.8) is 0 Å². The first-order valence-electron chi connectivity index (χ1n) is 10.3. The maximum absolute atomic E-state index is 13.0. The molecule has 0 spiro atoms. The number of nitro groups is 1. The average molecular weight is 473 g/mol. The van der Waals surface area contributed by atoms with Crippen LogP contribution in [0.1, 0.15) is 11.1 Å². The van der Waals surface area contributed by atoms with E-state index in [1.54, 1.807) is 36.4 Å². The van der Waals surface area contributed by atoms with Crippen molar-refractivity contribution in [3.05, 3.63) is 111 Å². The zero-order valence-electron chi connectivity index (χ0n) is 17.6. The molecule has 3 aromatic carbocycles. The lowest BCUT2D eigenvalue weighted by atomic mass is 10.1. The van der Waals surface area contributed by atoms with Crippen molar-refractivity contribution in [2.45, 2.75) is 6.54 Å². The van der Waals surface area contributed by atoms with Crippen molar-refractivity contribution in [1.82, 2.24) is 9.88 Å². The Bertz CT molecular complexity index is 1490. The van der Waals surface area contributed by atoms with Crippen LogP contribution >= 0.6 is 11.6 Å². The second kappa shape index (κ2) is 8.49. The molecule has 0 atom stereocenters. The number of aromatic nitrogens is 1. The van der Waals surface area contributed by atoms with Crippen molar-refractivity contribution < 1.29 is 14.5 Å². The third-order valence-electron chi connectivity index (χ3n) is 5.56. The van der Waals surface area contributed by atoms with Gasteiger partial charge in [-0.15, -0.1) is 0 Å². The predicted molar refractivity (Wildman–Crippen MR) is 130 cm³/mol. The first-order valence-corrected chi connectivity index (χ1v) is 10.7. The summed E-state index contributed by atoms with van der Waals surface area (Å²) in [6.07, 6.45) is 3.50. The van der Waals surface area contributed by atoms with Crippen molar-refractivity contribution in [1.29, 1.82) is 0 Å². The fourth-order valence-electron chi connectivity index (χ4n) is 4.00. The Morgan fingerprint density at radius 2 is 1.76 bits per heavy atom. The molecule has 0 unspecified atom stereocenters. The number of benzene rings is 3. The number of anilines is 1. The molecule has 5 rings (SSSR count). The van der Waals surface area contributed by atoms with E-state index in [0.29, 0.717) is 17.3 Å². The minimum Gasteiger partial charge on any atom is -0.342 e. The van der Waals surface area contributed by atoms with Gasteiger partial charge in [0.25, 0.3) is 11.6 Å². The van der Waals surface area contributed by atoms with Gasteiger partial charge in [-0.1, -0.05) is 41.9 Å². The van der Waals surface area contributed by atoms with Crippen LogP contribution < -0.4 is 10.2 Å². The molecule has 1 N–H and O–H groups in total. The normalized spacial score (nSPS) is 14.7. The van der Waals surface area contributed by atoms with E-state index in [1.165, 1.54) is 12.1 Å². The number of nitro benzene ring substituents is 1. The van der Waals surface area contributed by atoms with Crippen LogP contribution in [0.4, 0.5) is 16.2 Å². The number of non-ortho nitro benzene ring substituents is 1. The van der Waals surface area contributed by atoms with Gasteiger partial charge in [-0.25, -0.2) is 9.69 Å². The van der Waals surface area contributed by atoms with Crippen LogP contribution in [-0.2, 0) is 11.3 Å². The summed E-state index contributed by atoms with van der Waals surface area (Å²) in [7, 11) is 0. The monoisotopic (exact) mass is 472 g/mol. The van der Waals surface area contributed by atoms with Gasteiger partial charge in [-0.2, -0.15) is 0 Å². The fourth-order valence-corrected chi connectivity index (χ4v) is 4.13. The Morgan fingerprint density at radius 1 is 1.00 bits per heavy atom. The van der Waals surface area contributed by atoms with Gasteiger partial charge in [0.2, 0.25) is 0 Å². The van der Waals surface area contributed by atoms with Crippen LogP contribution in [0.5, 0.6) is 0 Å². The molecule has 34 heavy (non-hydrogen) atoms. The van der Waals surface area contributed by atoms with Gasteiger partial charge in [-0.05, 0) is 42.0 Å². The first kappa shape index (κ1) is 21.4. The Labute approximate surface area is 198 Å². The van der Waals surface area contributed by atoms with Gasteiger partial charge in [0.15, 0.2) is 0 Å². The molecule has 9 heteroatoms. The zero-order valence-corrected chi connectivity index (χ0v) is 18.4. The minimum absolute atomic E-state index is 0.0258. The number of fused-ring (bicyclic) bond motifs is 1. The van der Waals surface area contributed by atoms with Crippen molar-refractivity contribution in [2.24, 2.45) is 0 Å². The molecule has 0 bridgehead atoms. The second-order valence-corrected chi connectivity index (χ2v) is 8.20. The molecule has 1 aliphatic rings. The van der Waals surface area contributed by atoms with Gasteiger partial charge in [0.05, 0.1) is 10.6 Å². The minimum atomic E-state index is -0.543. The summed E-state index contributed by atoms with van der Waals surface area (Å²) in [5, 5.41) is 15.2. The van der Waals surface area contributed by atoms with Crippen LogP contribution in [0.15, 0.2) is 84.7 Å². The van der Waals surface area contributed by atoms with E-state index in [2.05, 4.69) is 5.32 Å². The number of rotatable bonds is 5. The number of hydrogen-bond acceptors (Lipinski definition) is 4. The number of carbonyl (C=O) groups excluding carboxylic acids is 2. The van der Waals surface area contributed by atoms with Crippen LogP contribution in [0.25, 0.3) is 17.0 Å². The molecule has 3 amide bonds. The summed E-state index contributed by atoms with van der Waals surface area (Å²) >= 11 is 5.92. The van der Waals surface area contributed by atoms with Crippen LogP contribution in [0.2, 0.25) is 5.02 Å². The summed E-state index contributed by atoms with van der Waals surface area (Å²) in [4.78, 5) is 37.3. The maximum atomic E-state index is 13.0. The third kappa shape index (κ3) is 3.91. The molecular weight excluding hydrogens is 456 g/mol. The molecule has 1 fully saturated rings. The number of nitrogens with zero attached hydrogens (tertiary/aromatic N) is 3. The lowest BCUT2D eigenvalue weighted by Crippen LogP contribution is -2.30. The molecule has 0 aliphatic carbocycles. The number of imide groups is 1. The van der Waals surface area contributed by atoms with Gasteiger partial charge in [-0.3, -0.25) is 14.9 Å². The average Bonchev–Trinajstić information content (AvgIpc) is 3.31. The molecule has 8 nitrogen and oxygen atoms in total. The summed E-state index contributed by atoms with van der Waals surface area (Å²) < 4.78 is 1.96. The third-order valence-corrected chi connectivity index (χ3v) is 5.81. The quantitative estimate of drug-likeness (QED) is 0.183. The highest BCUT2D eigenvalue weighted by Crippen LogP contribution is 2.28. The maximum Gasteiger partial charge on any atom is 0.333 e. The van der Waals surface area contributed by atoms with Gasteiger partial charge < -0.3 is 9.88 Å². The summed E-state index contributed by atoms with van der Waals surface area (Å²) in [5.41, 5.74) is 3.00. The number of para-hydroxylation sites is 1. The highest BCUT2D eigenvalue weighted by Gasteiger charge is 2.35. The van der Waals surface area contributed by atoms with E-state index in [-0.39, 0.29) is 11.4 Å². The lowest BCUT2D eigenvalue weighted by molar-refractivity contribution is -0.384. The molecule has 1 aromatic heterocycles. The van der Waals surface area contributed by atoms with E-state index >= 15 is 0 Å². The van der Waals surface area contributed by atoms with Gasteiger partial charge in [0, 0.05) is 46.4 Å². The van der Waals surface area contributed by atoms with E-state index in [0.717, 1.165) is 26.9 Å². The molecular formula is C25H17ClN4O4. The van der Waals surface area contributed by atoms with Crippen LogP contribution in [0, 0.1) is 10.1 Å². The topological polar surface area (TPSA) is 97.5 Å². The van der Waals surface area contributed by atoms with Gasteiger partial charge >= 0.3 is 6.03 Å². The van der Waals surface area contributed by atoms with E-state index < -0.39 is 16.9 Å². The molecule has 0 radical (unpaired) electrons. The standard InChI is InChI=1S/C25H17ClN4O4/c26-18-8-10-19(11-9-18)29-24(31)22(27-25(29)32)13-17-15-28(23-7-2-1-6-21(17)23)14-16-4-3-5-20(12-16)30(33)34/h1-13,15H,14H2,(H,27,32)/b22-13+. The van der Waals surface area contributed by atoms with E-state index in [1.807, 2.05) is 41.1 Å². The molecule has 2 heterocycles. The molecule has 4 aromatic rings. The Kier molecular flexibility index (Phi) is 5.35. The smallest absolute Gasteiger partial charge is 0.333 e. The largest absolute Gasteiger partial charge is 0.342 e. The molecule has 168 valence electrons. The highest BCUT2D eigenvalue weighted by atomic mass is 35.5. The molecule has 0 saturated carbocycles. The van der Waals surface area contributed by atoms with Gasteiger partial charge in [0.1, 0.15) is 5.70 Å². The van der Waals surface area contributed by atoms with Crippen LogP contribution in [-0.4, -0.2) is 21.4 Å². The second-order valence-electron chi connectivity index (χ2n) is 7.76. The SMILES string of the molecule is O=C1N/C(=C/c2cn(Cc3cccc([N+](=O)[O-])c3)c3ccccc23)C(=O)N1c1ccc(Cl)cc1. The zero-order chi connectivity index (χ0) is 23.8. The number of hydrogen-bond donors (Lipinski definition) is 1. The Hall–Kier alpha value is -4.43. The predicted octanol–water partition coefficient (Wildman–Crippen LogP) is 5.35. The Morgan fingerprint density at radius 3 is 2.53 bits per heavy atom. The number of urea groups is 1. The van der Waals surface area contributed by atoms with Crippen molar-refractivity contribution in [3.8, 4) is 0 Å². The molecule has 1 aliphatic heterocycles. The first-order chi connectivity index (χ1) is 16.4.